The molecule has 1 amide bonds. The van der Waals surface area contributed by atoms with Gasteiger partial charge in [-0.05, 0) is 31.4 Å². The van der Waals surface area contributed by atoms with E-state index in [4.69, 9.17) is 5.73 Å². The van der Waals surface area contributed by atoms with Crippen LogP contribution in [0.1, 0.15) is 19.3 Å². The molecule has 1 aromatic carbocycles. The fourth-order valence-corrected chi connectivity index (χ4v) is 2.77. The predicted octanol–water partition coefficient (Wildman–Crippen LogP) is 1.71. The maximum absolute atomic E-state index is 12.3. The summed E-state index contributed by atoms with van der Waals surface area (Å²) in [6, 6.07) is 10.4. The zero-order chi connectivity index (χ0) is 14.5. The van der Waals surface area contributed by atoms with E-state index in [1.807, 2.05) is 30.1 Å². The molecule has 1 aliphatic carbocycles. The van der Waals surface area contributed by atoms with E-state index in [0.717, 1.165) is 32.4 Å². The first kappa shape index (κ1) is 14.9. The van der Waals surface area contributed by atoms with Crippen LogP contribution in [0, 0.1) is 5.92 Å². The fraction of sp³-hybridized carbons (Fsp3) is 0.562. The van der Waals surface area contributed by atoms with Crippen molar-refractivity contribution in [1.82, 2.24) is 4.90 Å². The van der Waals surface area contributed by atoms with Gasteiger partial charge < -0.3 is 15.5 Å². The minimum atomic E-state index is 0.136. The molecule has 0 radical (unpaired) electrons. The molecule has 2 rings (SSSR count). The van der Waals surface area contributed by atoms with Gasteiger partial charge in [0.2, 0.25) is 5.91 Å². The van der Waals surface area contributed by atoms with Gasteiger partial charge in [0.05, 0.1) is 0 Å². The van der Waals surface area contributed by atoms with E-state index in [1.54, 1.807) is 0 Å². The van der Waals surface area contributed by atoms with E-state index >= 15 is 0 Å². The zero-order valence-electron chi connectivity index (χ0n) is 12.5. The van der Waals surface area contributed by atoms with E-state index in [1.165, 1.54) is 5.69 Å². The number of amides is 1. The maximum atomic E-state index is 12.3. The van der Waals surface area contributed by atoms with Crippen LogP contribution in [0.25, 0.3) is 0 Å². The molecule has 1 aromatic rings. The Bertz CT molecular complexity index is 435. The third kappa shape index (κ3) is 3.73. The molecule has 0 saturated heterocycles. The molecule has 1 aliphatic rings. The van der Waals surface area contributed by atoms with Crippen molar-refractivity contribution in [3.8, 4) is 0 Å². The maximum Gasteiger partial charge on any atom is 0.225 e. The van der Waals surface area contributed by atoms with Crippen molar-refractivity contribution in [3.63, 3.8) is 0 Å². The Morgan fingerprint density at radius 3 is 2.50 bits per heavy atom. The van der Waals surface area contributed by atoms with E-state index < -0.39 is 0 Å². The quantitative estimate of drug-likeness (QED) is 0.890. The van der Waals surface area contributed by atoms with Gasteiger partial charge in [-0.25, -0.2) is 0 Å². The largest absolute Gasteiger partial charge is 0.373 e. The Labute approximate surface area is 121 Å². The highest BCUT2D eigenvalue weighted by molar-refractivity contribution is 5.79. The summed E-state index contributed by atoms with van der Waals surface area (Å²) in [7, 11) is 3.95. The number of nitrogens with zero attached hydrogens (tertiary/aromatic N) is 2. The number of nitrogens with two attached hydrogens (primary N) is 1. The molecule has 20 heavy (non-hydrogen) atoms. The predicted molar refractivity (Wildman–Crippen MR) is 82.7 cm³/mol. The second-order valence-electron chi connectivity index (χ2n) is 5.79. The third-order valence-corrected chi connectivity index (χ3v) is 4.17. The van der Waals surface area contributed by atoms with Crippen molar-refractivity contribution in [1.29, 1.82) is 0 Å². The lowest BCUT2D eigenvalue weighted by Gasteiger charge is -2.25. The van der Waals surface area contributed by atoms with Gasteiger partial charge in [0.25, 0.3) is 0 Å². The molecule has 0 heterocycles. The number of likely N-dealkylation sites (N-methyl/N-ethyl adjacent to an activating group) is 2. The highest BCUT2D eigenvalue weighted by Gasteiger charge is 2.29. The second-order valence-corrected chi connectivity index (χ2v) is 5.79. The first-order chi connectivity index (χ1) is 9.58. The van der Waals surface area contributed by atoms with Gasteiger partial charge in [0.15, 0.2) is 0 Å². The van der Waals surface area contributed by atoms with Gasteiger partial charge >= 0.3 is 0 Å². The zero-order valence-corrected chi connectivity index (χ0v) is 12.5. The summed E-state index contributed by atoms with van der Waals surface area (Å²) in [5.74, 6) is 0.386. The molecule has 4 heteroatoms. The summed E-state index contributed by atoms with van der Waals surface area (Å²) in [4.78, 5) is 16.3. The van der Waals surface area contributed by atoms with Gasteiger partial charge in [-0.2, -0.15) is 0 Å². The second kappa shape index (κ2) is 6.75. The molecule has 1 fully saturated rings. The van der Waals surface area contributed by atoms with Crippen molar-refractivity contribution in [3.05, 3.63) is 30.3 Å². The Balaban J connectivity index is 1.80. The van der Waals surface area contributed by atoms with Crippen LogP contribution in [-0.4, -0.2) is 44.0 Å². The van der Waals surface area contributed by atoms with Gasteiger partial charge in [-0.15, -0.1) is 0 Å². The molecule has 2 unspecified atom stereocenters. The van der Waals surface area contributed by atoms with Gasteiger partial charge in [-0.3, -0.25) is 4.79 Å². The van der Waals surface area contributed by atoms with Gasteiger partial charge in [-0.1, -0.05) is 18.2 Å². The minimum absolute atomic E-state index is 0.136. The Morgan fingerprint density at radius 2 is 1.90 bits per heavy atom. The number of para-hydroxylation sites is 1. The monoisotopic (exact) mass is 275 g/mol. The average molecular weight is 275 g/mol. The molecular formula is C16H25N3O. The van der Waals surface area contributed by atoms with Gasteiger partial charge in [0.1, 0.15) is 0 Å². The lowest BCUT2D eigenvalue weighted by molar-refractivity contribution is -0.133. The lowest BCUT2D eigenvalue weighted by atomic mass is 10.1. The number of hydrogen-bond acceptors (Lipinski definition) is 3. The van der Waals surface area contributed by atoms with Gasteiger partial charge in [0, 0.05) is 44.8 Å². The summed E-state index contributed by atoms with van der Waals surface area (Å²) in [5, 5.41) is 0. The number of carbonyl (C=O) groups excluding carboxylic acids is 1. The van der Waals surface area contributed by atoms with Crippen LogP contribution in [0.15, 0.2) is 30.3 Å². The smallest absolute Gasteiger partial charge is 0.225 e. The number of benzene rings is 1. The van der Waals surface area contributed by atoms with Crippen LogP contribution in [0.4, 0.5) is 5.69 Å². The molecule has 0 aliphatic heterocycles. The van der Waals surface area contributed by atoms with Crippen molar-refractivity contribution >= 4 is 11.6 Å². The summed E-state index contributed by atoms with van der Waals surface area (Å²) in [6.45, 7) is 1.58. The van der Waals surface area contributed by atoms with Crippen LogP contribution in [-0.2, 0) is 4.79 Å². The van der Waals surface area contributed by atoms with E-state index in [9.17, 15) is 4.79 Å². The lowest BCUT2D eigenvalue weighted by Crippen LogP contribution is -2.38. The summed E-state index contributed by atoms with van der Waals surface area (Å²) < 4.78 is 0. The highest BCUT2D eigenvalue weighted by atomic mass is 16.2. The van der Waals surface area contributed by atoms with E-state index in [2.05, 4.69) is 24.1 Å². The Kier molecular flexibility index (Phi) is 5.01. The normalized spacial score (nSPS) is 21.8. The molecule has 110 valence electrons. The van der Waals surface area contributed by atoms with Crippen molar-refractivity contribution in [2.45, 2.75) is 25.3 Å². The first-order valence-corrected chi connectivity index (χ1v) is 7.34. The number of hydrogen-bond donors (Lipinski definition) is 1. The van der Waals surface area contributed by atoms with Crippen LogP contribution < -0.4 is 10.6 Å². The highest BCUT2D eigenvalue weighted by Crippen LogP contribution is 2.25. The third-order valence-electron chi connectivity index (χ3n) is 4.17. The van der Waals surface area contributed by atoms with E-state index in [0.29, 0.717) is 0 Å². The summed E-state index contributed by atoms with van der Waals surface area (Å²) in [6.07, 6.45) is 2.77. The number of anilines is 1. The number of carbonyl (C=O) groups is 1. The Morgan fingerprint density at radius 1 is 1.20 bits per heavy atom. The average Bonchev–Trinajstić information content (AvgIpc) is 2.91. The minimum Gasteiger partial charge on any atom is -0.373 e. The molecule has 4 nitrogen and oxygen atoms in total. The molecule has 2 N–H and O–H groups in total. The summed E-state index contributed by atoms with van der Waals surface area (Å²) in [5.41, 5.74) is 7.06. The molecule has 0 spiro atoms. The van der Waals surface area contributed by atoms with Crippen molar-refractivity contribution in [2.24, 2.45) is 11.7 Å². The van der Waals surface area contributed by atoms with Crippen molar-refractivity contribution in [2.75, 3.05) is 32.1 Å². The molecule has 0 bridgehead atoms. The summed E-state index contributed by atoms with van der Waals surface area (Å²) >= 11 is 0. The van der Waals surface area contributed by atoms with Crippen LogP contribution in [0.5, 0.6) is 0 Å². The molecular weight excluding hydrogens is 250 g/mol. The van der Waals surface area contributed by atoms with Crippen LogP contribution in [0.2, 0.25) is 0 Å². The fourth-order valence-electron chi connectivity index (χ4n) is 2.77. The van der Waals surface area contributed by atoms with Crippen molar-refractivity contribution < 1.29 is 4.79 Å². The SMILES string of the molecule is CN(CCN(C)c1ccccc1)C(=O)C1CCC(N)C1. The Hall–Kier alpha value is -1.55. The topological polar surface area (TPSA) is 49.6 Å². The van der Waals surface area contributed by atoms with Crippen LogP contribution >= 0.6 is 0 Å². The number of rotatable bonds is 5. The standard InChI is InChI=1S/C16H25N3O/c1-18(15-6-4-3-5-7-15)10-11-19(2)16(20)13-8-9-14(17)12-13/h3-7,13-14H,8-12,17H2,1-2H3. The molecule has 1 saturated carbocycles. The molecule has 0 aromatic heterocycles. The van der Waals surface area contributed by atoms with E-state index in [-0.39, 0.29) is 17.9 Å². The van der Waals surface area contributed by atoms with Crippen LogP contribution in [0.3, 0.4) is 0 Å². The first-order valence-electron chi connectivity index (χ1n) is 7.34. The molecule has 2 atom stereocenters.